The van der Waals surface area contributed by atoms with Crippen LogP contribution in [-0.2, 0) is 0 Å². The van der Waals surface area contributed by atoms with Crippen LogP contribution in [0, 0.1) is 0 Å². The fourth-order valence-electron chi connectivity index (χ4n) is 5.92. The van der Waals surface area contributed by atoms with E-state index in [9.17, 15) is 5.48 Å². The van der Waals surface area contributed by atoms with Crippen molar-refractivity contribution >= 4 is 54.5 Å². The zero-order chi connectivity index (χ0) is 38.9. The van der Waals surface area contributed by atoms with E-state index in [4.69, 9.17) is 21.2 Å². The standard InChI is InChI=1S/C40H24O2/c1-3-12-25(13-4-1)34-24-41-35-23-22-32-31-20-11-21-33(39(31)42-40(32)38(34)35)37-29-18-9-7-16-27(29)36(26-14-5-2-6-15-26)28-17-8-10-19-30(28)37/h1-24H/i2D,5D,6D,7D,8D,9D,10D,14D,15D,16D,17D,18D,19D. The Bertz CT molecular complexity index is 3070. The van der Waals surface area contributed by atoms with Gasteiger partial charge in [0.1, 0.15) is 16.7 Å². The Morgan fingerprint density at radius 2 is 1.10 bits per heavy atom. The Kier molecular flexibility index (Phi) is 2.95. The molecular weight excluding hydrogens is 512 g/mol. The molecule has 0 amide bonds. The van der Waals surface area contributed by atoms with Crippen LogP contribution in [-0.4, -0.2) is 0 Å². The third-order valence-corrected chi connectivity index (χ3v) is 7.68. The van der Waals surface area contributed by atoms with E-state index in [1.807, 2.05) is 48.5 Å². The number of benzene rings is 7. The highest BCUT2D eigenvalue weighted by molar-refractivity contribution is 6.25. The van der Waals surface area contributed by atoms with E-state index < -0.39 is 84.1 Å². The minimum atomic E-state index is -0.726. The topological polar surface area (TPSA) is 26.3 Å². The van der Waals surface area contributed by atoms with Gasteiger partial charge in [-0.2, -0.15) is 0 Å². The second-order valence-electron chi connectivity index (χ2n) is 9.87. The molecule has 196 valence electrons. The maximum Gasteiger partial charge on any atom is 0.147 e. The molecule has 0 radical (unpaired) electrons. The van der Waals surface area contributed by atoms with Crippen LogP contribution in [0.1, 0.15) is 17.8 Å². The summed E-state index contributed by atoms with van der Waals surface area (Å²) in [6.07, 6.45) is 1.64. The average molecular weight is 550 g/mol. The van der Waals surface area contributed by atoms with Crippen LogP contribution in [0.15, 0.2) is 154 Å². The lowest BCUT2D eigenvalue weighted by molar-refractivity contribution is 0.616. The lowest BCUT2D eigenvalue weighted by atomic mass is 9.85. The summed E-state index contributed by atoms with van der Waals surface area (Å²) in [4.78, 5) is 0. The Balaban J connectivity index is 1.56. The first-order valence-corrected chi connectivity index (χ1v) is 13.2. The van der Waals surface area contributed by atoms with Crippen molar-refractivity contribution in [3.8, 4) is 33.4 Å². The zero-order valence-corrected chi connectivity index (χ0v) is 21.7. The van der Waals surface area contributed by atoms with Crippen LogP contribution < -0.4 is 0 Å². The largest absolute Gasteiger partial charge is 0.464 e. The van der Waals surface area contributed by atoms with E-state index in [1.54, 1.807) is 18.4 Å². The second kappa shape index (κ2) is 8.95. The van der Waals surface area contributed by atoms with E-state index in [1.165, 1.54) is 0 Å². The van der Waals surface area contributed by atoms with Crippen molar-refractivity contribution in [2.45, 2.75) is 0 Å². The number of fused-ring (bicyclic) bond motifs is 7. The van der Waals surface area contributed by atoms with Crippen LogP contribution in [0.5, 0.6) is 0 Å². The summed E-state index contributed by atoms with van der Waals surface area (Å²) in [6.45, 7) is 0. The van der Waals surface area contributed by atoms with Crippen LogP contribution in [0.4, 0.5) is 0 Å². The molecule has 0 atom stereocenters. The third kappa shape index (κ3) is 3.27. The van der Waals surface area contributed by atoms with Crippen LogP contribution in [0.25, 0.3) is 87.8 Å². The number of furan rings is 2. The maximum absolute atomic E-state index is 9.30. The van der Waals surface area contributed by atoms with Crippen molar-refractivity contribution in [3.05, 3.63) is 145 Å². The fourth-order valence-corrected chi connectivity index (χ4v) is 5.92. The normalized spacial score (nSPS) is 16.1. The van der Waals surface area contributed by atoms with Crippen molar-refractivity contribution in [2.24, 2.45) is 0 Å². The summed E-state index contributed by atoms with van der Waals surface area (Å²) in [5, 5.41) is 1.04. The monoisotopic (exact) mass is 549 g/mol. The van der Waals surface area contributed by atoms with Gasteiger partial charge in [-0.1, -0.05) is 127 Å². The molecule has 2 aromatic heterocycles. The zero-order valence-electron chi connectivity index (χ0n) is 34.7. The lowest BCUT2D eigenvalue weighted by Crippen LogP contribution is -1.90. The smallest absolute Gasteiger partial charge is 0.147 e. The van der Waals surface area contributed by atoms with E-state index in [2.05, 4.69) is 0 Å². The van der Waals surface area contributed by atoms with Gasteiger partial charge in [0.05, 0.1) is 29.5 Å². The molecule has 0 aliphatic rings. The Labute approximate surface area is 260 Å². The summed E-state index contributed by atoms with van der Waals surface area (Å²) in [5.74, 6) is 0. The van der Waals surface area contributed by atoms with Gasteiger partial charge in [-0.3, -0.25) is 0 Å². The minimum absolute atomic E-state index is 0.00325. The summed E-state index contributed by atoms with van der Waals surface area (Å²) in [7, 11) is 0. The average Bonchev–Trinajstić information content (AvgIpc) is 3.81. The second-order valence-corrected chi connectivity index (χ2v) is 9.87. The number of hydrogen-bond acceptors (Lipinski definition) is 2. The van der Waals surface area contributed by atoms with Gasteiger partial charge in [-0.15, -0.1) is 0 Å². The summed E-state index contributed by atoms with van der Waals surface area (Å²) in [5.41, 5.74) is 2.33. The molecule has 0 aliphatic heterocycles. The molecule has 0 N–H and O–H groups in total. The highest BCUT2D eigenvalue weighted by Crippen LogP contribution is 2.47. The molecule has 42 heavy (non-hydrogen) atoms. The van der Waals surface area contributed by atoms with E-state index in [0.29, 0.717) is 27.3 Å². The van der Waals surface area contributed by atoms with Crippen LogP contribution in [0.2, 0.25) is 0 Å². The van der Waals surface area contributed by atoms with E-state index >= 15 is 0 Å². The lowest BCUT2D eigenvalue weighted by Gasteiger charge is -2.17. The van der Waals surface area contributed by atoms with Gasteiger partial charge in [0, 0.05) is 27.5 Å². The van der Waals surface area contributed by atoms with E-state index in [-0.39, 0.29) is 43.8 Å². The van der Waals surface area contributed by atoms with Crippen molar-refractivity contribution < 1.29 is 26.7 Å². The highest BCUT2D eigenvalue weighted by Gasteiger charge is 2.22. The van der Waals surface area contributed by atoms with Crippen LogP contribution >= 0.6 is 0 Å². The molecule has 0 aliphatic carbocycles. The quantitative estimate of drug-likeness (QED) is 0.205. The van der Waals surface area contributed by atoms with Gasteiger partial charge >= 0.3 is 0 Å². The van der Waals surface area contributed by atoms with Crippen molar-refractivity contribution in [2.75, 3.05) is 0 Å². The van der Waals surface area contributed by atoms with Crippen LogP contribution in [0.3, 0.4) is 0 Å². The molecule has 2 nitrogen and oxygen atoms in total. The first-order chi connectivity index (χ1) is 26.3. The molecule has 0 saturated carbocycles. The molecular formula is C40H24O2. The molecule has 0 unspecified atom stereocenters. The Morgan fingerprint density at radius 1 is 0.452 bits per heavy atom. The predicted molar refractivity (Wildman–Crippen MR) is 175 cm³/mol. The molecule has 0 saturated heterocycles. The van der Waals surface area contributed by atoms with Gasteiger partial charge in [-0.25, -0.2) is 0 Å². The predicted octanol–water partition coefficient (Wildman–Crippen LogP) is 11.6. The third-order valence-electron chi connectivity index (χ3n) is 7.68. The Morgan fingerprint density at radius 3 is 1.81 bits per heavy atom. The van der Waals surface area contributed by atoms with Gasteiger partial charge in [0.25, 0.3) is 0 Å². The Hall–Kier alpha value is -5.60. The maximum atomic E-state index is 9.30. The number of para-hydroxylation sites is 1. The van der Waals surface area contributed by atoms with Crippen molar-refractivity contribution in [1.82, 2.24) is 0 Å². The molecule has 0 bridgehead atoms. The van der Waals surface area contributed by atoms with Gasteiger partial charge in [0.2, 0.25) is 0 Å². The van der Waals surface area contributed by atoms with Gasteiger partial charge in [-0.05, 0) is 50.4 Å². The van der Waals surface area contributed by atoms with Crippen molar-refractivity contribution in [3.63, 3.8) is 0 Å². The van der Waals surface area contributed by atoms with Gasteiger partial charge < -0.3 is 8.83 Å². The first kappa shape index (κ1) is 13.8. The summed E-state index contributed by atoms with van der Waals surface area (Å²) >= 11 is 0. The number of hydrogen-bond donors (Lipinski definition) is 0. The molecule has 2 heterocycles. The molecule has 7 aromatic carbocycles. The number of rotatable bonds is 3. The first-order valence-electron chi connectivity index (χ1n) is 19.7. The highest BCUT2D eigenvalue weighted by atomic mass is 16.3. The fraction of sp³-hybridized carbons (Fsp3) is 0. The molecule has 2 heteroatoms. The SMILES string of the molecule is [2H]c1c([2H])c([2H])c(-c2c3c([2H])c([2H])c([2H])c([2H])c3c(-c3cccc4c3oc3c4ccc4occ(-c5ccccc5)c43)c3c([2H])c([2H])c([2H])c([2H])c23)c([2H])c1[2H]. The molecule has 0 fully saturated rings. The molecule has 9 aromatic rings. The summed E-state index contributed by atoms with van der Waals surface area (Å²) < 4.78 is 128. The van der Waals surface area contributed by atoms with Crippen molar-refractivity contribution in [1.29, 1.82) is 0 Å². The molecule has 9 rings (SSSR count). The molecule has 0 spiro atoms. The van der Waals surface area contributed by atoms with Gasteiger partial charge in [0.15, 0.2) is 0 Å². The summed E-state index contributed by atoms with van der Waals surface area (Å²) in [6, 6.07) is 9.78. The minimum Gasteiger partial charge on any atom is -0.464 e. The van der Waals surface area contributed by atoms with E-state index in [0.717, 1.165) is 11.1 Å².